The molecular weight excluding hydrogens is 538 g/mol. The number of ether oxygens (including phenoxy) is 1. The molecule has 0 aliphatic carbocycles. The standard InChI is InChI=1S/C10H14F3N2O15P3/c11-10(12,13)3-1-15(9(19)14-7(3)18)8-6(17)5(16)4(28-8)2-27-32(23,24)30-33(25,26)29-31(20,21)22/h1,4-6,8,16-17H,2H2,(H,23,24)(H,25,26)(H,14,18,19)(H2,20,21,22)/t4-,5-,6-,8-/m1/s1. The second-order valence-corrected chi connectivity index (χ2v) is 10.6. The number of aliphatic hydroxyl groups is 2. The highest BCUT2D eigenvalue weighted by atomic mass is 31.3. The van der Waals surface area contributed by atoms with Crippen LogP contribution in [-0.4, -0.2) is 64.3 Å². The number of H-pyrrole nitrogens is 1. The van der Waals surface area contributed by atoms with E-state index in [1.54, 1.807) is 0 Å². The van der Waals surface area contributed by atoms with E-state index in [9.17, 15) is 51.6 Å². The predicted molar refractivity (Wildman–Crippen MR) is 92.1 cm³/mol. The minimum atomic E-state index is -5.86. The highest BCUT2D eigenvalue weighted by Crippen LogP contribution is 2.66. The van der Waals surface area contributed by atoms with Gasteiger partial charge in [-0.25, -0.2) is 18.5 Å². The normalized spacial score (nSPS) is 27.8. The summed E-state index contributed by atoms with van der Waals surface area (Å²) in [6.07, 6.45) is -13.4. The van der Waals surface area contributed by atoms with Gasteiger partial charge in [0.1, 0.15) is 23.9 Å². The molecule has 2 rings (SSSR count). The van der Waals surface area contributed by atoms with Crippen LogP contribution in [-0.2, 0) is 37.8 Å². The summed E-state index contributed by atoms with van der Waals surface area (Å²) in [5.74, 6) is 0. The fraction of sp³-hybridized carbons (Fsp3) is 0.600. The fourth-order valence-electron chi connectivity index (χ4n) is 2.44. The molecule has 7 N–H and O–H groups in total. The molecule has 17 nitrogen and oxygen atoms in total. The molecule has 0 aromatic carbocycles. The molecule has 2 unspecified atom stereocenters. The minimum absolute atomic E-state index is 0.00745. The van der Waals surface area contributed by atoms with E-state index in [2.05, 4.69) is 13.1 Å². The first-order valence-corrected chi connectivity index (χ1v) is 12.5. The van der Waals surface area contributed by atoms with Crippen molar-refractivity contribution >= 4 is 23.5 Å². The van der Waals surface area contributed by atoms with E-state index in [1.807, 2.05) is 0 Å². The largest absolute Gasteiger partial charge is 0.490 e. The molecule has 0 saturated carbocycles. The highest BCUT2D eigenvalue weighted by Gasteiger charge is 2.47. The van der Waals surface area contributed by atoms with Gasteiger partial charge in [0.25, 0.3) is 5.56 Å². The van der Waals surface area contributed by atoms with Gasteiger partial charge in [0.05, 0.1) is 6.61 Å². The number of halogens is 3. The first-order chi connectivity index (χ1) is 14.7. The molecular formula is C10H14F3N2O15P3. The lowest BCUT2D eigenvalue weighted by Crippen LogP contribution is -2.40. The minimum Gasteiger partial charge on any atom is -0.387 e. The summed E-state index contributed by atoms with van der Waals surface area (Å²) in [6, 6.07) is 0. The first-order valence-electron chi connectivity index (χ1n) is 7.95. The van der Waals surface area contributed by atoms with Gasteiger partial charge in [0.15, 0.2) is 6.23 Å². The van der Waals surface area contributed by atoms with Crippen molar-refractivity contribution in [3.05, 3.63) is 32.6 Å². The smallest absolute Gasteiger partial charge is 0.387 e. The maximum absolute atomic E-state index is 12.9. The SMILES string of the molecule is O=c1[nH]c(=O)n([C@@H]2O[C@H](COP(=O)(O)OP(=O)(O)OP(=O)(O)O)[C@@H](O)[C@H]2O)cc1C(F)(F)F. The number of aliphatic hydroxyl groups excluding tert-OH is 2. The third-order valence-electron chi connectivity index (χ3n) is 3.70. The number of phosphoric acid groups is 3. The Bertz CT molecular complexity index is 1140. The lowest BCUT2D eigenvalue weighted by Gasteiger charge is -2.19. The molecule has 0 bridgehead atoms. The zero-order valence-electron chi connectivity index (χ0n) is 15.4. The number of nitrogens with zero attached hydrogens (tertiary/aromatic N) is 1. The van der Waals surface area contributed by atoms with Crippen molar-refractivity contribution < 1.29 is 74.5 Å². The van der Waals surface area contributed by atoms with Crippen molar-refractivity contribution in [2.45, 2.75) is 30.7 Å². The number of alkyl halides is 3. The van der Waals surface area contributed by atoms with E-state index in [0.29, 0.717) is 0 Å². The molecule has 1 saturated heterocycles. The molecule has 1 aromatic rings. The summed E-state index contributed by atoms with van der Waals surface area (Å²) in [4.78, 5) is 59.8. The molecule has 0 radical (unpaired) electrons. The van der Waals surface area contributed by atoms with Crippen LogP contribution in [0.1, 0.15) is 11.8 Å². The monoisotopic (exact) mass is 552 g/mol. The summed E-state index contributed by atoms with van der Waals surface area (Å²) in [5.41, 5.74) is -5.15. The van der Waals surface area contributed by atoms with Crippen molar-refractivity contribution in [3.8, 4) is 0 Å². The van der Waals surface area contributed by atoms with Gasteiger partial charge in [-0.05, 0) is 0 Å². The van der Waals surface area contributed by atoms with Crippen LogP contribution in [0.2, 0.25) is 0 Å². The molecule has 1 aromatic heterocycles. The molecule has 33 heavy (non-hydrogen) atoms. The summed E-state index contributed by atoms with van der Waals surface area (Å²) in [7, 11) is -17.2. The highest BCUT2D eigenvalue weighted by molar-refractivity contribution is 7.66. The number of hydrogen-bond donors (Lipinski definition) is 7. The number of aromatic amines is 1. The summed E-state index contributed by atoms with van der Waals surface area (Å²) in [5, 5.41) is 19.9. The van der Waals surface area contributed by atoms with E-state index in [4.69, 9.17) is 19.4 Å². The van der Waals surface area contributed by atoms with Crippen molar-refractivity contribution in [2.24, 2.45) is 0 Å². The van der Waals surface area contributed by atoms with Gasteiger partial charge in [-0.15, -0.1) is 0 Å². The van der Waals surface area contributed by atoms with Crippen molar-refractivity contribution in [2.75, 3.05) is 6.61 Å². The van der Waals surface area contributed by atoms with Gasteiger partial charge in [0, 0.05) is 6.20 Å². The average Bonchev–Trinajstić information content (AvgIpc) is 2.84. The first kappa shape index (κ1) is 28.0. The van der Waals surface area contributed by atoms with Gasteiger partial charge in [0.2, 0.25) is 0 Å². The zero-order chi connectivity index (χ0) is 25.6. The van der Waals surface area contributed by atoms with E-state index in [1.165, 1.54) is 4.98 Å². The Morgan fingerprint density at radius 3 is 2.12 bits per heavy atom. The van der Waals surface area contributed by atoms with Crippen LogP contribution < -0.4 is 11.2 Å². The van der Waals surface area contributed by atoms with Gasteiger partial charge >= 0.3 is 35.3 Å². The Labute approximate surface area is 178 Å². The predicted octanol–water partition coefficient (Wildman–Crippen LogP) is -1.48. The van der Waals surface area contributed by atoms with Crippen LogP contribution in [0.15, 0.2) is 15.8 Å². The molecule has 2 heterocycles. The summed E-state index contributed by atoms with van der Waals surface area (Å²) < 4.78 is 88.3. The Morgan fingerprint density at radius 1 is 1.03 bits per heavy atom. The number of nitrogens with one attached hydrogen (secondary N) is 1. The molecule has 0 amide bonds. The van der Waals surface area contributed by atoms with Crippen LogP contribution in [0.4, 0.5) is 13.2 Å². The molecule has 0 spiro atoms. The van der Waals surface area contributed by atoms with Crippen molar-refractivity contribution in [1.82, 2.24) is 9.55 Å². The fourth-order valence-corrected chi connectivity index (χ4v) is 5.47. The number of phosphoric ester groups is 1. The third kappa shape index (κ3) is 7.37. The molecule has 1 aliphatic heterocycles. The van der Waals surface area contributed by atoms with Crippen LogP contribution in [0.25, 0.3) is 0 Å². The Balaban J connectivity index is 2.18. The van der Waals surface area contributed by atoms with Gasteiger partial charge in [-0.1, -0.05) is 0 Å². The quantitative estimate of drug-likeness (QED) is 0.181. The molecule has 190 valence electrons. The van der Waals surface area contributed by atoms with Gasteiger partial charge in [-0.3, -0.25) is 18.9 Å². The number of hydrogen-bond acceptors (Lipinski definition) is 11. The van der Waals surface area contributed by atoms with Crippen LogP contribution in [0.5, 0.6) is 0 Å². The van der Waals surface area contributed by atoms with Crippen LogP contribution in [0.3, 0.4) is 0 Å². The Hall–Kier alpha value is -1.24. The van der Waals surface area contributed by atoms with Gasteiger partial charge < -0.3 is 34.5 Å². The zero-order valence-corrected chi connectivity index (χ0v) is 18.1. The summed E-state index contributed by atoms with van der Waals surface area (Å²) in [6.45, 7) is -1.28. The Kier molecular flexibility index (Phi) is 8.00. The van der Waals surface area contributed by atoms with Crippen molar-refractivity contribution in [1.29, 1.82) is 0 Å². The second-order valence-electron chi connectivity index (χ2n) is 6.14. The molecule has 6 atom stereocenters. The third-order valence-corrected chi connectivity index (χ3v) is 7.51. The van der Waals surface area contributed by atoms with E-state index in [0.717, 1.165) is 0 Å². The van der Waals surface area contributed by atoms with E-state index in [-0.39, 0.29) is 10.8 Å². The average molecular weight is 552 g/mol. The summed E-state index contributed by atoms with van der Waals surface area (Å²) >= 11 is 0. The lowest BCUT2D eigenvalue weighted by atomic mass is 10.1. The van der Waals surface area contributed by atoms with Gasteiger partial charge in [-0.2, -0.15) is 21.8 Å². The molecule has 23 heteroatoms. The topological polar surface area (TPSA) is 264 Å². The molecule has 1 aliphatic rings. The second kappa shape index (κ2) is 9.43. The maximum atomic E-state index is 12.9. The van der Waals surface area contributed by atoms with Crippen molar-refractivity contribution in [3.63, 3.8) is 0 Å². The number of aromatic nitrogens is 2. The van der Waals surface area contributed by atoms with Crippen LogP contribution in [0, 0.1) is 0 Å². The Morgan fingerprint density at radius 2 is 1.61 bits per heavy atom. The maximum Gasteiger partial charge on any atom is 0.490 e. The molecule has 1 fully saturated rings. The number of rotatable bonds is 8. The van der Waals surface area contributed by atoms with Crippen LogP contribution >= 0.6 is 23.5 Å². The lowest BCUT2D eigenvalue weighted by molar-refractivity contribution is -0.140. The van der Waals surface area contributed by atoms with E-state index >= 15 is 0 Å². The van der Waals surface area contributed by atoms with E-state index < -0.39 is 77.6 Å².